The van der Waals surface area contributed by atoms with Crippen LogP contribution in [0.4, 0.5) is 5.69 Å². The first-order chi connectivity index (χ1) is 10.5. The van der Waals surface area contributed by atoms with Gasteiger partial charge in [0.2, 0.25) is 0 Å². The molecule has 2 rings (SSSR count). The monoisotopic (exact) mass is 306 g/mol. The summed E-state index contributed by atoms with van der Waals surface area (Å²) in [5, 5.41) is 22.5. The highest BCUT2D eigenvalue weighted by molar-refractivity contribution is 5.98. The third kappa shape index (κ3) is 4.03. The molecule has 0 bridgehead atoms. The molecule has 0 radical (unpaired) electrons. The minimum absolute atomic E-state index is 0.00183. The van der Waals surface area contributed by atoms with Gasteiger partial charge in [-0.15, -0.1) is 0 Å². The van der Waals surface area contributed by atoms with Gasteiger partial charge in [-0.1, -0.05) is 25.7 Å². The van der Waals surface area contributed by atoms with Crippen LogP contribution in [0.5, 0.6) is 0 Å². The van der Waals surface area contributed by atoms with Crippen LogP contribution in [0.3, 0.4) is 0 Å². The molecule has 1 aromatic rings. The lowest BCUT2D eigenvalue weighted by molar-refractivity contribution is -0.384. The number of nitro benzene ring substituents is 1. The molecule has 1 aliphatic carbocycles. The molecule has 7 heteroatoms. The van der Waals surface area contributed by atoms with Crippen LogP contribution in [-0.2, 0) is 0 Å². The summed E-state index contributed by atoms with van der Waals surface area (Å²) in [5.74, 6) is -1.16. The number of hydrogen-bond acceptors (Lipinski definition) is 4. The Hall–Kier alpha value is -2.44. The van der Waals surface area contributed by atoms with Gasteiger partial charge < -0.3 is 10.4 Å². The maximum atomic E-state index is 12.0. The molecule has 0 unspecified atom stereocenters. The van der Waals surface area contributed by atoms with Crippen molar-refractivity contribution in [1.82, 2.24) is 5.32 Å². The fourth-order valence-electron chi connectivity index (χ4n) is 2.76. The van der Waals surface area contributed by atoms with Crippen LogP contribution in [0.1, 0.15) is 52.8 Å². The molecule has 0 saturated heterocycles. The van der Waals surface area contributed by atoms with Gasteiger partial charge in [-0.2, -0.15) is 0 Å². The first kappa shape index (κ1) is 15.9. The van der Waals surface area contributed by atoms with Crippen molar-refractivity contribution in [2.45, 2.75) is 32.1 Å². The largest absolute Gasteiger partial charge is 0.478 e. The number of nitrogens with zero attached hydrogens (tertiary/aromatic N) is 1. The number of carboxylic acids is 1. The third-order valence-corrected chi connectivity index (χ3v) is 3.95. The Morgan fingerprint density at radius 2 is 1.86 bits per heavy atom. The van der Waals surface area contributed by atoms with E-state index >= 15 is 0 Å². The van der Waals surface area contributed by atoms with E-state index < -0.39 is 22.5 Å². The Morgan fingerprint density at radius 1 is 1.23 bits per heavy atom. The van der Waals surface area contributed by atoms with Crippen molar-refractivity contribution in [3.63, 3.8) is 0 Å². The van der Waals surface area contributed by atoms with Crippen molar-refractivity contribution in [2.75, 3.05) is 6.54 Å². The lowest BCUT2D eigenvalue weighted by atomic mass is 10.0. The van der Waals surface area contributed by atoms with Crippen molar-refractivity contribution in [2.24, 2.45) is 5.92 Å². The van der Waals surface area contributed by atoms with E-state index in [4.69, 9.17) is 5.11 Å². The van der Waals surface area contributed by atoms with Gasteiger partial charge in [-0.25, -0.2) is 4.79 Å². The van der Waals surface area contributed by atoms with Gasteiger partial charge in [0.1, 0.15) is 0 Å². The lowest BCUT2D eigenvalue weighted by Gasteiger charge is -2.10. The predicted octanol–water partition coefficient (Wildman–Crippen LogP) is 2.60. The van der Waals surface area contributed by atoms with Gasteiger partial charge in [0, 0.05) is 24.2 Å². The Kier molecular flexibility index (Phi) is 5.08. The first-order valence-corrected chi connectivity index (χ1v) is 7.28. The average Bonchev–Trinajstić information content (AvgIpc) is 2.99. The zero-order chi connectivity index (χ0) is 16.1. The molecule has 0 spiro atoms. The first-order valence-electron chi connectivity index (χ1n) is 7.28. The maximum Gasteiger partial charge on any atom is 0.335 e. The number of aromatic carboxylic acids is 1. The van der Waals surface area contributed by atoms with E-state index in [2.05, 4.69) is 5.32 Å². The predicted molar refractivity (Wildman–Crippen MR) is 79.0 cm³/mol. The molecule has 0 aliphatic heterocycles. The van der Waals surface area contributed by atoms with E-state index in [9.17, 15) is 19.7 Å². The SMILES string of the molecule is O=C(O)c1cc(C(=O)NCCC2CCCC2)cc([N+](=O)[O-])c1. The van der Waals surface area contributed by atoms with Crippen LogP contribution in [-0.4, -0.2) is 28.5 Å². The highest BCUT2D eigenvalue weighted by atomic mass is 16.6. The zero-order valence-electron chi connectivity index (χ0n) is 12.1. The van der Waals surface area contributed by atoms with Crippen molar-refractivity contribution in [3.8, 4) is 0 Å². The van der Waals surface area contributed by atoms with Gasteiger partial charge in [0.15, 0.2) is 0 Å². The van der Waals surface area contributed by atoms with Crippen molar-refractivity contribution in [1.29, 1.82) is 0 Å². The zero-order valence-corrected chi connectivity index (χ0v) is 12.1. The Morgan fingerprint density at radius 3 is 2.45 bits per heavy atom. The fraction of sp³-hybridized carbons (Fsp3) is 0.467. The molecule has 0 aromatic heterocycles. The number of nitrogens with one attached hydrogen (secondary N) is 1. The summed E-state index contributed by atoms with van der Waals surface area (Å²) in [6, 6.07) is 3.19. The minimum Gasteiger partial charge on any atom is -0.478 e. The summed E-state index contributed by atoms with van der Waals surface area (Å²) in [7, 11) is 0. The van der Waals surface area contributed by atoms with E-state index in [0.717, 1.165) is 24.6 Å². The fourth-order valence-corrected chi connectivity index (χ4v) is 2.76. The summed E-state index contributed by atoms with van der Waals surface area (Å²) in [5.41, 5.74) is -0.672. The molecule has 1 amide bonds. The summed E-state index contributed by atoms with van der Waals surface area (Å²) in [6.45, 7) is 0.495. The molecule has 1 fully saturated rings. The second-order valence-electron chi connectivity index (χ2n) is 5.53. The van der Waals surface area contributed by atoms with E-state index in [-0.39, 0.29) is 11.1 Å². The molecule has 118 valence electrons. The van der Waals surface area contributed by atoms with Gasteiger partial charge in [-0.3, -0.25) is 14.9 Å². The van der Waals surface area contributed by atoms with Crippen molar-refractivity contribution < 1.29 is 19.6 Å². The highest BCUT2D eigenvalue weighted by Crippen LogP contribution is 2.27. The molecule has 2 N–H and O–H groups in total. The van der Waals surface area contributed by atoms with E-state index in [1.165, 1.54) is 25.7 Å². The Balaban J connectivity index is 2.04. The van der Waals surface area contributed by atoms with Crippen LogP contribution >= 0.6 is 0 Å². The van der Waals surface area contributed by atoms with Crippen LogP contribution in [0, 0.1) is 16.0 Å². The summed E-state index contributed by atoms with van der Waals surface area (Å²) in [6.07, 6.45) is 5.69. The number of carboxylic acid groups (broad SMARTS) is 1. The molecule has 22 heavy (non-hydrogen) atoms. The maximum absolute atomic E-state index is 12.0. The molecule has 1 aromatic carbocycles. The molecule has 0 atom stereocenters. The second kappa shape index (κ2) is 7.02. The second-order valence-corrected chi connectivity index (χ2v) is 5.53. The number of non-ortho nitro benzene ring substituents is 1. The standard InChI is InChI=1S/C15H18N2O5/c18-14(16-6-5-10-3-1-2-4-10)11-7-12(15(19)20)9-13(8-11)17(21)22/h7-10H,1-6H2,(H,16,18)(H,19,20). The van der Waals surface area contributed by atoms with E-state index in [0.29, 0.717) is 12.5 Å². The smallest absolute Gasteiger partial charge is 0.335 e. The highest BCUT2D eigenvalue weighted by Gasteiger charge is 2.18. The van der Waals surface area contributed by atoms with E-state index in [1.54, 1.807) is 0 Å². The number of nitro groups is 1. The molecule has 0 heterocycles. The number of benzene rings is 1. The Bertz CT molecular complexity index is 561. The third-order valence-electron chi connectivity index (χ3n) is 3.95. The molecular weight excluding hydrogens is 288 g/mol. The number of rotatable bonds is 6. The van der Waals surface area contributed by atoms with Crippen LogP contribution in [0.2, 0.25) is 0 Å². The molecular formula is C15H18N2O5. The number of hydrogen-bond donors (Lipinski definition) is 2. The van der Waals surface area contributed by atoms with Gasteiger partial charge in [-0.05, 0) is 18.4 Å². The summed E-state index contributed by atoms with van der Waals surface area (Å²) < 4.78 is 0. The van der Waals surface area contributed by atoms with Gasteiger partial charge in [0.05, 0.1) is 10.5 Å². The number of carbonyl (C=O) groups excluding carboxylic acids is 1. The normalized spacial score (nSPS) is 14.7. The van der Waals surface area contributed by atoms with Crippen molar-refractivity contribution >= 4 is 17.6 Å². The van der Waals surface area contributed by atoms with Gasteiger partial charge in [0.25, 0.3) is 11.6 Å². The van der Waals surface area contributed by atoms with Crippen LogP contribution in [0.25, 0.3) is 0 Å². The average molecular weight is 306 g/mol. The summed E-state index contributed by atoms with van der Waals surface area (Å²) in [4.78, 5) is 33.1. The lowest BCUT2D eigenvalue weighted by Crippen LogP contribution is -2.26. The summed E-state index contributed by atoms with van der Waals surface area (Å²) >= 11 is 0. The molecule has 1 aliphatic rings. The van der Waals surface area contributed by atoms with E-state index in [1.807, 2.05) is 0 Å². The topological polar surface area (TPSA) is 110 Å². The quantitative estimate of drug-likeness (QED) is 0.620. The van der Waals surface area contributed by atoms with Crippen molar-refractivity contribution in [3.05, 3.63) is 39.4 Å². The minimum atomic E-state index is -1.30. The number of carbonyl (C=O) groups is 2. The van der Waals surface area contributed by atoms with Crippen LogP contribution < -0.4 is 5.32 Å². The van der Waals surface area contributed by atoms with Gasteiger partial charge >= 0.3 is 5.97 Å². The Labute approximate surface area is 127 Å². The van der Waals surface area contributed by atoms with Crippen LogP contribution in [0.15, 0.2) is 18.2 Å². The number of amides is 1. The molecule has 1 saturated carbocycles. The molecule has 7 nitrogen and oxygen atoms in total.